The van der Waals surface area contributed by atoms with Gasteiger partial charge in [-0.2, -0.15) is 0 Å². The molecule has 2 fully saturated rings. The van der Waals surface area contributed by atoms with Gasteiger partial charge in [-0.1, -0.05) is 0 Å². The minimum absolute atomic E-state index is 0.0135. The van der Waals surface area contributed by atoms with E-state index in [9.17, 15) is 14.0 Å². The summed E-state index contributed by atoms with van der Waals surface area (Å²) >= 11 is 0. The van der Waals surface area contributed by atoms with Crippen LogP contribution in [0.15, 0.2) is 30.9 Å². The third-order valence-electron chi connectivity index (χ3n) is 6.74. The summed E-state index contributed by atoms with van der Waals surface area (Å²) in [6.07, 6.45) is 6.85. The molecule has 184 valence electrons. The van der Waals surface area contributed by atoms with Gasteiger partial charge in [0.1, 0.15) is 5.56 Å². The molecule has 0 spiro atoms. The molecule has 5 rings (SSSR count). The van der Waals surface area contributed by atoms with Crippen molar-refractivity contribution < 1.29 is 14.0 Å². The van der Waals surface area contributed by atoms with E-state index in [0.29, 0.717) is 18.8 Å². The number of piperidine rings is 1. The number of likely N-dealkylation sites (N-methyl/N-ethyl adjacent to an activating group) is 1. The summed E-state index contributed by atoms with van der Waals surface area (Å²) in [6.45, 7) is 4.76. The minimum Gasteiger partial charge on any atom is -0.381 e. The van der Waals surface area contributed by atoms with Crippen LogP contribution >= 0.6 is 0 Å². The summed E-state index contributed by atoms with van der Waals surface area (Å²) in [4.78, 5) is 40.6. The highest BCUT2D eigenvalue weighted by Gasteiger charge is 2.31. The zero-order valence-corrected chi connectivity index (χ0v) is 19.5. The van der Waals surface area contributed by atoms with Crippen LogP contribution in [0.1, 0.15) is 23.2 Å². The lowest BCUT2D eigenvalue weighted by Crippen LogP contribution is -2.50. The van der Waals surface area contributed by atoms with Crippen LogP contribution in [0.2, 0.25) is 0 Å². The second-order valence-electron chi connectivity index (χ2n) is 9.04. The molecule has 0 aromatic carbocycles. The standard InChI is InChI=1S/C23H28FN9O2/c1-30-8-10-32(11-9-30)23(35)15-3-6-31(7-4-15)18-2-5-26-13-17(18)28-22(34)19-20(25)29-33-14-16(24)12-27-21(19)33/h2,5,12-15H,3-4,6-11H2,1H3,(H2,25,29)(H,28,34). The molecule has 11 nitrogen and oxygen atoms in total. The fraction of sp³-hybridized carbons (Fsp3) is 0.435. The van der Waals surface area contributed by atoms with Crippen LogP contribution in [0.4, 0.5) is 21.6 Å². The molecule has 12 heteroatoms. The van der Waals surface area contributed by atoms with Crippen molar-refractivity contribution in [3.05, 3.63) is 42.2 Å². The molecule has 0 saturated carbocycles. The summed E-state index contributed by atoms with van der Waals surface area (Å²) < 4.78 is 14.6. The lowest BCUT2D eigenvalue weighted by Gasteiger charge is -2.38. The van der Waals surface area contributed by atoms with Gasteiger partial charge >= 0.3 is 0 Å². The minimum atomic E-state index is -0.587. The quantitative estimate of drug-likeness (QED) is 0.567. The Morgan fingerprint density at radius 1 is 1.11 bits per heavy atom. The highest BCUT2D eigenvalue weighted by molar-refractivity contribution is 6.12. The van der Waals surface area contributed by atoms with Crippen molar-refractivity contribution in [2.24, 2.45) is 5.92 Å². The maximum Gasteiger partial charge on any atom is 0.263 e. The van der Waals surface area contributed by atoms with Gasteiger partial charge in [-0.3, -0.25) is 14.6 Å². The Bertz CT molecular complexity index is 1250. The van der Waals surface area contributed by atoms with Crippen molar-refractivity contribution in [1.82, 2.24) is 29.4 Å². The number of hydrogen-bond acceptors (Lipinski definition) is 8. The molecule has 0 radical (unpaired) electrons. The second kappa shape index (κ2) is 9.45. The zero-order chi connectivity index (χ0) is 24.5. The molecule has 2 amide bonds. The van der Waals surface area contributed by atoms with Crippen molar-refractivity contribution in [3.63, 3.8) is 0 Å². The molecule has 3 aromatic rings. The Balaban J connectivity index is 1.28. The van der Waals surface area contributed by atoms with Crippen LogP contribution in [0, 0.1) is 11.7 Å². The summed E-state index contributed by atoms with van der Waals surface area (Å²) in [6, 6.07) is 1.84. The first-order valence-electron chi connectivity index (χ1n) is 11.7. The van der Waals surface area contributed by atoms with Crippen molar-refractivity contribution >= 4 is 34.7 Å². The average Bonchev–Trinajstić information content (AvgIpc) is 3.19. The number of rotatable bonds is 4. The molecule has 35 heavy (non-hydrogen) atoms. The molecule has 3 N–H and O–H groups in total. The molecule has 2 saturated heterocycles. The van der Waals surface area contributed by atoms with Crippen LogP contribution in [0.3, 0.4) is 0 Å². The third kappa shape index (κ3) is 4.61. The van der Waals surface area contributed by atoms with Gasteiger partial charge in [0.25, 0.3) is 5.91 Å². The van der Waals surface area contributed by atoms with Gasteiger partial charge < -0.3 is 25.8 Å². The molecule has 0 unspecified atom stereocenters. The topological polar surface area (TPSA) is 125 Å². The number of nitrogens with two attached hydrogens (primary N) is 1. The van der Waals surface area contributed by atoms with Crippen molar-refractivity contribution in [1.29, 1.82) is 0 Å². The number of hydrogen-bond donors (Lipinski definition) is 2. The number of nitrogens with one attached hydrogen (secondary N) is 1. The van der Waals surface area contributed by atoms with Crippen LogP contribution in [0.25, 0.3) is 5.65 Å². The molecular weight excluding hydrogens is 453 g/mol. The highest BCUT2D eigenvalue weighted by atomic mass is 19.1. The van der Waals surface area contributed by atoms with Crippen molar-refractivity contribution in [3.8, 4) is 0 Å². The monoisotopic (exact) mass is 481 g/mol. The van der Waals surface area contributed by atoms with Gasteiger partial charge in [0.05, 0.1) is 30.0 Å². The summed E-state index contributed by atoms with van der Waals surface area (Å²) in [5.74, 6) is -0.885. The molecule has 0 atom stereocenters. The van der Waals surface area contributed by atoms with Crippen LogP contribution in [-0.2, 0) is 4.79 Å². The van der Waals surface area contributed by atoms with Crippen molar-refractivity contribution in [2.45, 2.75) is 12.8 Å². The van der Waals surface area contributed by atoms with Gasteiger partial charge in [0.15, 0.2) is 17.3 Å². The first-order valence-corrected chi connectivity index (χ1v) is 11.7. The van der Waals surface area contributed by atoms with E-state index in [0.717, 1.165) is 61.6 Å². The van der Waals surface area contributed by atoms with E-state index >= 15 is 0 Å². The number of carbonyl (C=O) groups is 2. The number of anilines is 3. The van der Waals surface area contributed by atoms with E-state index in [1.165, 1.54) is 0 Å². The maximum absolute atomic E-state index is 13.5. The predicted molar refractivity (Wildman–Crippen MR) is 129 cm³/mol. The number of nitrogen functional groups attached to an aromatic ring is 1. The average molecular weight is 482 g/mol. The number of piperazine rings is 1. The Labute approximate surface area is 201 Å². The summed E-state index contributed by atoms with van der Waals surface area (Å²) in [5, 5.41) is 6.84. The van der Waals surface area contributed by atoms with E-state index in [-0.39, 0.29) is 28.9 Å². The third-order valence-corrected chi connectivity index (χ3v) is 6.74. The van der Waals surface area contributed by atoms with Crippen molar-refractivity contribution in [2.75, 3.05) is 62.3 Å². The van der Waals surface area contributed by atoms with Gasteiger partial charge in [-0.25, -0.2) is 13.9 Å². The Kier molecular flexibility index (Phi) is 6.20. The summed E-state index contributed by atoms with van der Waals surface area (Å²) in [5.41, 5.74) is 7.49. The normalized spacial score (nSPS) is 17.7. The lowest BCUT2D eigenvalue weighted by atomic mass is 9.94. The predicted octanol–water partition coefficient (Wildman–Crippen LogP) is 1.09. The highest BCUT2D eigenvalue weighted by Crippen LogP contribution is 2.31. The number of fused-ring (bicyclic) bond motifs is 1. The molecule has 2 aliphatic rings. The van der Waals surface area contributed by atoms with Crippen LogP contribution in [-0.4, -0.2) is 87.5 Å². The first-order chi connectivity index (χ1) is 16.9. The van der Waals surface area contributed by atoms with Crippen LogP contribution in [0.5, 0.6) is 0 Å². The number of amides is 2. The number of aromatic nitrogens is 4. The van der Waals surface area contributed by atoms with E-state index < -0.39 is 11.7 Å². The number of carbonyl (C=O) groups excluding carboxylic acids is 2. The number of nitrogens with zero attached hydrogens (tertiary/aromatic N) is 7. The summed E-state index contributed by atoms with van der Waals surface area (Å²) in [7, 11) is 2.08. The smallest absolute Gasteiger partial charge is 0.263 e. The molecule has 2 aliphatic heterocycles. The van der Waals surface area contributed by atoms with E-state index in [1.54, 1.807) is 12.4 Å². The lowest BCUT2D eigenvalue weighted by molar-refractivity contribution is -0.137. The molecule has 3 aromatic heterocycles. The van der Waals surface area contributed by atoms with Gasteiger partial charge in [0.2, 0.25) is 5.91 Å². The second-order valence-corrected chi connectivity index (χ2v) is 9.04. The SMILES string of the molecule is CN1CCN(C(=O)C2CCN(c3ccncc3NC(=O)c3c(N)nn4cc(F)cnc34)CC2)CC1. The van der Waals surface area contributed by atoms with E-state index in [1.807, 2.05) is 11.0 Å². The molecule has 0 aliphatic carbocycles. The van der Waals surface area contributed by atoms with Gasteiger partial charge in [0, 0.05) is 51.4 Å². The van der Waals surface area contributed by atoms with E-state index in [4.69, 9.17) is 5.73 Å². The number of halogens is 1. The van der Waals surface area contributed by atoms with E-state index in [2.05, 4.69) is 37.2 Å². The van der Waals surface area contributed by atoms with Crippen LogP contribution < -0.4 is 16.0 Å². The fourth-order valence-corrected chi connectivity index (χ4v) is 4.74. The Hall–Kier alpha value is -3.80. The largest absolute Gasteiger partial charge is 0.381 e. The first kappa shape index (κ1) is 23.0. The Morgan fingerprint density at radius 3 is 2.60 bits per heavy atom. The van der Waals surface area contributed by atoms with Gasteiger partial charge in [-0.15, -0.1) is 5.10 Å². The molecule has 0 bridgehead atoms. The van der Waals surface area contributed by atoms with Gasteiger partial charge in [-0.05, 0) is 26.0 Å². The fourth-order valence-electron chi connectivity index (χ4n) is 4.74. The zero-order valence-electron chi connectivity index (χ0n) is 19.5. The number of pyridine rings is 1. The maximum atomic E-state index is 13.5. The molecule has 5 heterocycles. The Morgan fingerprint density at radius 2 is 1.86 bits per heavy atom. The molecular formula is C23H28FN9O2.